The van der Waals surface area contributed by atoms with Gasteiger partial charge in [0, 0.05) is 19.5 Å². The van der Waals surface area contributed by atoms with Crippen LogP contribution in [0.4, 0.5) is 0 Å². The van der Waals surface area contributed by atoms with Crippen molar-refractivity contribution >= 4 is 11.9 Å². The number of ether oxygens (including phenoxy) is 1. The first-order valence-electron chi connectivity index (χ1n) is 7.72. The van der Waals surface area contributed by atoms with Crippen molar-refractivity contribution in [3.63, 3.8) is 0 Å². The van der Waals surface area contributed by atoms with Crippen LogP contribution in [0, 0.1) is 5.41 Å². The number of aliphatic carboxylic acids is 1. The maximum Gasteiger partial charge on any atom is 0.311 e. The van der Waals surface area contributed by atoms with Crippen LogP contribution >= 0.6 is 0 Å². The SMILES string of the molecule is C[C@@]1(C(=O)O)CCN(C(=O)C[C@@H]2CCOc3ccccc32)C1. The number of fused-ring (bicyclic) bond motifs is 1. The topological polar surface area (TPSA) is 66.8 Å². The summed E-state index contributed by atoms with van der Waals surface area (Å²) in [5, 5.41) is 9.27. The standard InChI is InChI=1S/C17H21NO4/c1-17(16(20)21)7-8-18(11-17)15(19)10-12-6-9-22-14-5-3-2-4-13(12)14/h2-5,12H,6-11H2,1H3,(H,20,21)/t12-,17+/m0/s1. The zero-order valence-electron chi connectivity index (χ0n) is 12.7. The number of carbonyl (C=O) groups is 2. The number of hydrogen-bond acceptors (Lipinski definition) is 3. The smallest absolute Gasteiger partial charge is 0.311 e. The van der Waals surface area contributed by atoms with Crippen LogP contribution in [0.2, 0.25) is 0 Å². The predicted octanol–water partition coefficient (Wildman–Crippen LogP) is 2.27. The number of likely N-dealkylation sites (tertiary alicyclic amines) is 1. The Kier molecular flexibility index (Phi) is 3.81. The van der Waals surface area contributed by atoms with Crippen molar-refractivity contribution in [2.75, 3.05) is 19.7 Å². The molecule has 1 aromatic rings. The molecular weight excluding hydrogens is 282 g/mol. The molecule has 1 aromatic carbocycles. The molecule has 2 atom stereocenters. The first-order valence-corrected chi connectivity index (χ1v) is 7.72. The van der Waals surface area contributed by atoms with Crippen molar-refractivity contribution in [1.29, 1.82) is 0 Å². The first-order chi connectivity index (χ1) is 10.5. The van der Waals surface area contributed by atoms with E-state index in [-0.39, 0.29) is 11.8 Å². The van der Waals surface area contributed by atoms with Crippen molar-refractivity contribution in [1.82, 2.24) is 4.90 Å². The van der Waals surface area contributed by atoms with Gasteiger partial charge in [-0.15, -0.1) is 0 Å². The fraction of sp³-hybridized carbons (Fsp3) is 0.529. The molecule has 22 heavy (non-hydrogen) atoms. The number of benzene rings is 1. The van der Waals surface area contributed by atoms with Crippen LogP contribution in [-0.2, 0) is 9.59 Å². The van der Waals surface area contributed by atoms with E-state index in [1.165, 1.54) is 0 Å². The van der Waals surface area contributed by atoms with E-state index in [9.17, 15) is 14.7 Å². The minimum atomic E-state index is -0.820. The molecule has 1 saturated heterocycles. The molecule has 0 spiro atoms. The number of nitrogens with zero attached hydrogens (tertiary/aromatic N) is 1. The Morgan fingerprint density at radius 3 is 2.91 bits per heavy atom. The zero-order chi connectivity index (χ0) is 15.7. The van der Waals surface area contributed by atoms with Crippen LogP contribution in [0.25, 0.3) is 0 Å². The second-order valence-corrected chi connectivity index (χ2v) is 6.51. The summed E-state index contributed by atoms with van der Waals surface area (Å²) in [5.74, 6) is 0.253. The van der Waals surface area contributed by atoms with E-state index in [4.69, 9.17) is 4.74 Å². The molecule has 2 aliphatic heterocycles. The second kappa shape index (κ2) is 5.63. The van der Waals surface area contributed by atoms with Gasteiger partial charge in [-0.1, -0.05) is 18.2 Å². The molecule has 0 unspecified atom stereocenters. The summed E-state index contributed by atoms with van der Waals surface area (Å²) in [7, 11) is 0. The molecule has 1 N–H and O–H groups in total. The van der Waals surface area contributed by atoms with Crippen LogP contribution in [0.15, 0.2) is 24.3 Å². The van der Waals surface area contributed by atoms with Crippen molar-refractivity contribution in [2.24, 2.45) is 5.41 Å². The quantitative estimate of drug-likeness (QED) is 0.930. The Hall–Kier alpha value is -2.04. The normalized spacial score (nSPS) is 27.1. The van der Waals surface area contributed by atoms with Crippen LogP contribution in [0.5, 0.6) is 5.75 Å². The summed E-state index contributed by atoms with van der Waals surface area (Å²) in [6, 6.07) is 7.84. The lowest BCUT2D eigenvalue weighted by molar-refractivity contribution is -0.147. The van der Waals surface area contributed by atoms with Gasteiger partial charge in [0.1, 0.15) is 5.75 Å². The van der Waals surface area contributed by atoms with Gasteiger partial charge >= 0.3 is 5.97 Å². The molecule has 2 heterocycles. The number of amides is 1. The van der Waals surface area contributed by atoms with Crippen LogP contribution in [0.3, 0.4) is 0 Å². The van der Waals surface area contributed by atoms with Gasteiger partial charge in [0.2, 0.25) is 5.91 Å². The van der Waals surface area contributed by atoms with Crippen molar-refractivity contribution in [3.05, 3.63) is 29.8 Å². The third-order valence-corrected chi connectivity index (χ3v) is 4.85. The average molecular weight is 303 g/mol. The third-order valence-electron chi connectivity index (χ3n) is 4.85. The summed E-state index contributed by atoms with van der Waals surface area (Å²) in [6.07, 6.45) is 1.78. The van der Waals surface area contributed by atoms with Gasteiger partial charge < -0.3 is 14.7 Å². The zero-order valence-corrected chi connectivity index (χ0v) is 12.7. The van der Waals surface area contributed by atoms with Crippen LogP contribution in [-0.4, -0.2) is 41.6 Å². The Morgan fingerprint density at radius 1 is 1.41 bits per heavy atom. The monoisotopic (exact) mass is 303 g/mol. The molecule has 0 aromatic heterocycles. The number of para-hydroxylation sites is 1. The summed E-state index contributed by atoms with van der Waals surface area (Å²) in [6.45, 7) is 3.19. The molecule has 2 aliphatic rings. The number of carbonyl (C=O) groups excluding carboxylic acids is 1. The minimum absolute atomic E-state index is 0.0479. The molecule has 1 amide bonds. The lowest BCUT2D eigenvalue weighted by atomic mass is 9.89. The highest BCUT2D eigenvalue weighted by molar-refractivity contribution is 5.81. The number of carboxylic acids is 1. The lowest BCUT2D eigenvalue weighted by Gasteiger charge is -2.27. The van der Waals surface area contributed by atoms with Crippen molar-refractivity contribution in [3.8, 4) is 5.75 Å². The van der Waals surface area contributed by atoms with Crippen LogP contribution in [0.1, 0.15) is 37.7 Å². The predicted molar refractivity (Wildman–Crippen MR) is 80.9 cm³/mol. The summed E-state index contributed by atoms with van der Waals surface area (Å²) in [5.41, 5.74) is 0.283. The van der Waals surface area contributed by atoms with Gasteiger partial charge in [-0.3, -0.25) is 9.59 Å². The summed E-state index contributed by atoms with van der Waals surface area (Å²) in [4.78, 5) is 25.5. The number of hydrogen-bond donors (Lipinski definition) is 1. The van der Waals surface area contributed by atoms with Gasteiger partial charge in [0.15, 0.2) is 0 Å². The van der Waals surface area contributed by atoms with Gasteiger partial charge in [-0.2, -0.15) is 0 Å². The highest BCUT2D eigenvalue weighted by Crippen LogP contribution is 2.37. The highest BCUT2D eigenvalue weighted by atomic mass is 16.5. The highest BCUT2D eigenvalue weighted by Gasteiger charge is 2.42. The molecule has 0 bridgehead atoms. The van der Waals surface area contributed by atoms with Gasteiger partial charge in [-0.05, 0) is 37.3 Å². The van der Waals surface area contributed by atoms with E-state index in [1.807, 2.05) is 24.3 Å². The van der Waals surface area contributed by atoms with E-state index < -0.39 is 11.4 Å². The summed E-state index contributed by atoms with van der Waals surface area (Å²) >= 11 is 0. The fourth-order valence-electron chi connectivity index (χ4n) is 3.32. The molecule has 0 radical (unpaired) electrons. The van der Waals surface area contributed by atoms with E-state index in [2.05, 4.69) is 0 Å². The van der Waals surface area contributed by atoms with Gasteiger partial charge in [0.05, 0.1) is 12.0 Å². The maximum atomic E-state index is 12.5. The largest absolute Gasteiger partial charge is 0.493 e. The first kappa shape index (κ1) is 14.9. The van der Waals surface area contributed by atoms with Crippen molar-refractivity contribution < 1.29 is 19.4 Å². The second-order valence-electron chi connectivity index (χ2n) is 6.51. The Labute approximate surface area is 129 Å². The lowest BCUT2D eigenvalue weighted by Crippen LogP contribution is -2.35. The molecular formula is C17H21NO4. The molecule has 5 nitrogen and oxygen atoms in total. The molecule has 3 rings (SSSR count). The maximum absolute atomic E-state index is 12.5. The number of rotatable bonds is 3. The minimum Gasteiger partial charge on any atom is -0.493 e. The van der Waals surface area contributed by atoms with Crippen molar-refractivity contribution in [2.45, 2.75) is 32.1 Å². The van der Waals surface area contributed by atoms with Gasteiger partial charge in [0.25, 0.3) is 0 Å². The average Bonchev–Trinajstić information content (AvgIpc) is 2.92. The van der Waals surface area contributed by atoms with E-state index in [0.29, 0.717) is 32.5 Å². The molecule has 1 fully saturated rings. The molecule has 5 heteroatoms. The van der Waals surface area contributed by atoms with E-state index in [0.717, 1.165) is 17.7 Å². The molecule has 0 aliphatic carbocycles. The summed E-state index contributed by atoms with van der Waals surface area (Å²) < 4.78 is 5.62. The Morgan fingerprint density at radius 2 is 2.18 bits per heavy atom. The fourth-order valence-corrected chi connectivity index (χ4v) is 3.32. The third kappa shape index (κ3) is 2.67. The Balaban J connectivity index is 1.68. The van der Waals surface area contributed by atoms with Gasteiger partial charge in [-0.25, -0.2) is 0 Å². The Bertz CT molecular complexity index is 600. The van der Waals surface area contributed by atoms with E-state index in [1.54, 1.807) is 11.8 Å². The number of carboxylic acid groups (broad SMARTS) is 1. The van der Waals surface area contributed by atoms with Crippen LogP contribution < -0.4 is 4.74 Å². The van der Waals surface area contributed by atoms with E-state index >= 15 is 0 Å². The molecule has 118 valence electrons. The molecule has 0 saturated carbocycles.